The van der Waals surface area contributed by atoms with Crippen LogP contribution >= 0.6 is 11.6 Å². The topological polar surface area (TPSA) is 0 Å². The number of alkyl halides is 1. The zero-order valence-electron chi connectivity index (χ0n) is 9.75. The van der Waals surface area contributed by atoms with Gasteiger partial charge in [-0.15, -0.1) is 11.6 Å². The summed E-state index contributed by atoms with van der Waals surface area (Å²) < 4.78 is 0. The minimum absolute atomic E-state index is 0.222. The molecular weight excluding hydrogens is 228 g/mol. The van der Waals surface area contributed by atoms with E-state index in [1.165, 1.54) is 53.1 Å². The molecule has 1 unspecified atom stereocenters. The fourth-order valence-electron chi connectivity index (χ4n) is 3.15. The highest BCUT2D eigenvalue weighted by Crippen LogP contribution is 2.47. The fraction of sp³-hybridized carbons (Fsp3) is 0.375. The van der Waals surface area contributed by atoms with Crippen LogP contribution < -0.4 is 0 Å². The first kappa shape index (κ1) is 9.96. The van der Waals surface area contributed by atoms with E-state index in [-0.39, 0.29) is 5.38 Å². The van der Waals surface area contributed by atoms with Crippen molar-refractivity contribution >= 4 is 22.4 Å². The fourth-order valence-corrected chi connectivity index (χ4v) is 3.59. The van der Waals surface area contributed by atoms with Crippen LogP contribution in [0.15, 0.2) is 30.3 Å². The Kier molecular flexibility index (Phi) is 2.05. The molecular formula is C16H15Cl. The third kappa shape index (κ3) is 1.43. The minimum Gasteiger partial charge on any atom is -0.117 e. The van der Waals surface area contributed by atoms with Gasteiger partial charge in [-0.2, -0.15) is 0 Å². The summed E-state index contributed by atoms with van der Waals surface area (Å²) in [5.74, 6) is 0.718. The van der Waals surface area contributed by atoms with Crippen molar-refractivity contribution in [3.05, 3.63) is 47.0 Å². The van der Waals surface area contributed by atoms with E-state index in [9.17, 15) is 0 Å². The highest BCUT2D eigenvalue weighted by Gasteiger charge is 2.32. The Labute approximate surface area is 107 Å². The van der Waals surface area contributed by atoms with E-state index in [0.29, 0.717) is 0 Å². The first-order chi connectivity index (χ1) is 8.34. The molecule has 2 aromatic carbocycles. The Morgan fingerprint density at radius 1 is 1.00 bits per heavy atom. The highest BCUT2D eigenvalue weighted by molar-refractivity contribution is 6.22. The van der Waals surface area contributed by atoms with E-state index in [0.717, 1.165) is 5.92 Å². The van der Waals surface area contributed by atoms with Crippen molar-refractivity contribution in [3.63, 3.8) is 0 Å². The summed E-state index contributed by atoms with van der Waals surface area (Å²) in [7, 11) is 0. The van der Waals surface area contributed by atoms with Gasteiger partial charge in [0, 0.05) is 0 Å². The molecule has 2 aromatic rings. The summed E-state index contributed by atoms with van der Waals surface area (Å²) in [6, 6.07) is 11.3. The van der Waals surface area contributed by atoms with Gasteiger partial charge in [-0.05, 0) is 59.1 Å². The molecule has 1 atom stereocenters. The van der Waals surface area contributed by atoms with E-state index in [1.54, 1.807) is 0 Å². The van der Waals surface area contributed by atoms with Crippen LogP contribution in [0.5, 0.6) is 0 Å². The van der Waals surface area contributed by atoms with Crippen LogP contribution in [-0.2, 0) is 12.8 Å². The molecule has 0 N–H and O–H groups in total. The third-order valence-corrected chi connectivity index (χ3v) is 4.84. The lowest BCUT2D eigenvalue weighted by atomic mass is 9.96. The van der Waals surface area contributed by atoms with E-state index in [4.69, 9.17) is 11.6 Å². The lowest BCUT2D eigenvalue weighted by Gasteiger charge is -2.13. The zero-order valence-corrected chi connectivity index (χ0v) is 10.5. The molecule has 4 rings (SSSR count). The van der Waals surface area contributed by atoms with Crippen molar-refractivity contribution in [1.82, 2.24) is 0 Å². The van der Waals surface area contributed by atoms with E-state index in [2.05, 4.69) is 30.3 Å². The van der Waals surface area contributed by atoms with Crippen molar-refractivity contribution in [2.24, 2.45) is 5.92 Å². The molecule has 0 saturated heterocycles. The average molecular weight is 243 g/mol. The molecule has 2 aliphatic rings. The number of aryl methyl sites for hydroxylation is 2. The Balaban J connectivity index is 1.99. The maximum atomic E-state index is 6.61. The van der Waals surface area contributed by atoms with Crippen LogP contribution in [-0.4, -0.2) is 0 Å². The Bertz CT molecular complexity index is 585. The number of hydrogen-bond donors (Lipinski definition) is 0. The summed E-state index contributed by atoms with van der Waals surface area (Å²) in [5.41, 5.74) is 4.38. The van der Waals surface area contributed by atoms with Gasteiger partial charge in [-0.1, -0.05) is 30.3 Å². The molecule has 0 amide bonds. The molecule has 0 aliphatic heterocycles. The molecule has 17 heavy (non-hydrogen) atoms. The zero-order chi connectivity index (χ0) is 11.4. The van der Waals surface area contributed by atoms with Gasteiger partial charge in [0.1, 0.15) is 0 Å². The molecule has 0 heterocycles. The maximum absolute atomic E-state index is 6.61. The number of benzene rings is 2. The molecule has 1 heteroatoms. The second-order valence-electron chi connectivity index (χ2n) is 5.39. The second kappa shape index (κ2) is 3.49. The SMILES string of the molecule is ClC(c1ccc2c3c(cccc13)CC2)C1CC1. The van der Waals surface area contributed by atoms with E-state index in [1.807, 2.05) is 0 Å². The Morgan fingerprint density at radius 3 is 2.53 bits per heavy atom. The summed E-state index contributed by atoms with van der Waals surface area (Å²) in [5, 5.41) is 3.13. The minimum atomic E-state index is 0.222. The van der Waals surface area contributed by atoms with E-state index < -0.39 is 0 Å². The summed E-state index contributed by atoms with van der Waals surface area (Å²) in [6.45, 7) is 0. The summed E-state index contributed by atoms with van der Waals surface area (Å²) in [4.78, 5) is 0. The Morgan fingerprint density at radius 2 is 1.76 bits per heavy atom. The van der Waals surface area contributed by atoms with Crippen LogP contribution in [0, 0.1) is 5.92 Å². The van der Waals surface area contributed by atoms with Crippen LogP contribution in [0.1, 0.15) is 34.9 Å². The molecule has 1 fully saturated rings. The molecule has 0 nitrogen and oxygen atoms in total. The quantitative estimate of drug-likeness (QED) is 0.674. The van der Waals surface area contributed by atoms with Crippen molar-refractivity contribution in [2.45, 2.75) is 31.1 Å². The van der Waals surface area contributed by atoms with Gasteiger partial charge >= 0.3 is 0 Å². The maximum Gasteiger partial charge on any atom is 0.0619 e. The molecule has 86 valence electrons. The summed E-state index contributed by atoms with van der Waals surface area (Å²) in [6.07, 6.45) is 5.01. The van der Waals surface area contributed by atoms with Crippen LogP contribution in [0.25, 0.3) is 10.8 Å². The monoisotopic (exact) mass is 242 g/mol. The van der Waals surface area contributed by atoms with Gasteiger partial charge in [0.25, 0.3) is 0 Å². The van der Waals surface area contributed by atoms with Crippen molar-refractivity contribution < 1.29 is 0 Å². The molecule has 1 saturated carbocycles. The predicted octanol–water partition coefficient (Wildman–Crippen LogP) is 4.63. The smallest absolute Gasteiger partial charge is 0.0619 e. The van der Waals surface area contributed by atoms with Gasteiger partial charge < -0.3 is 0 Å². The van der Waals surface area contributed by atoms with Crippen molar-refractivity contribution in [1.29, 1.82) is 0 Å². The van der Waals surface area contributed by atoms with Gasteiger partial charge in [-0.25, -0.2) is 0 Å². The van der Waals surface area contributed by atoms with Gasteiger partial charge in [0.05, 0.1) is 5.38 Å². The van der Waals surface area contributed by atoms with Crippen molar-refractivity contribution in [3.8, 4) is 0 Å². The van der Waals surface area contributed by atoms with Crippen LogP contribution in [0.3, 0.4) is 0 Å². The lowest BCUT2D eigenvalue weighted by Crippen LogP contribution is -1.95. The highest BCUT2D eigenvalue weighted by atomic mass is 35.5. The predicted molar refractivity (Wildman–Crippen MR) is 72.7 cm³/mol. The molecule has 0 aromatic heterocycles. The summed E-state index contributed by atoms with van der Waals surface area (Å²) >= 11 is 6.61. The average Bonchev–Trinajstić information content (AvgIpc) is 3.13. The molecule has 0 radical (unpaired) electrons. The normalized spacial score (nSPS) is 19.8. The molecule has 2 aliphatic carbocycles. The standard InChI is InChI=1S/C16H15Cl/c17-16(12-6-7-12)14-9-8-11-5-4-10-2-1-3-13(14)15(10)11/h1-3,8-9,12,16H,4-7H2. The lowest BCUT2D eigenvalue weighted by molar-refractivity contribution is 0.803. The number of rotatable bonds is 2. The number of halogens is 1. The van der Waals surface area contributed by atoms with Crippen LogP contribution in [0.2, 0.25) is 0 Å². The van der Waals surface area contributed by atoms with Gasteiger partial charge in [0.15, 0.2) is 0 Å². The first-order valence-electron chi connectivity index (χ1n) is 6.52. The van der Waals surface area contributed by atoms with Crippen molar-refractivity contribution in [2.75, 3.05) is 0 Å². The largest absolute Gasteiger partial charge is 0.117 e. The van der Waals surface area contributed by atoms with Gasteiger partial charge in [0.2, 0.25) is 0 Å². The second-order valence-corrected chi connectivity index (χ2v) is 5.86. The van der Waals surface area contributed by atoms with Crippen LogP contribution in [0.4, 0.5) is 0 Å². The van der Waals surface area contributed by atoms with Gasteiger partial charge in [-0.3, -0.25) is 0 Å². The molecule has 0 bridgehead atoms. The molecule has 0 spiro atoms. The Hall–Kier alpha value is -1.01. The first-order valence-corrected chi connectivity index (χ1v) is 6.95. The number of hydrogen-bond acceptors (Lipinski definition) is 0. The third-order valence-electron chi connectivity index (χ3n) is 4.24. The van der Waals surface area contributed by atoms with E-state index >= 15 is 0 Å².